The first-order chi connectivity index (χ1) is 16.6. The first-order valence-corrected chi connectivity index (χ1v) is 11.7. The van der Waals surface area contributed by atoms with Crippen molar-refractivity contribution in [3.63, 3.8) is 0 Å². The second-order valence-electron chi connectivity index (χ2n) is 8.43. The lowest BCUT2D eigenvalue weighted by Crippen LogP contribution is -2.47. The van der Waals surface area contributed by atoms with Crippen molar-refractivity contribution in [3.8, 4) is 5.75 Å². The summed E-state index contributed by atoms with van der Waals surface area (Å²) in [6.07, 6.45) is 2.58. The van der Waals surface area contributed by atoms with Crippen LogP contribution in [0.3, 0.4) is 0 Å². The van der Waals surface area contributed by atoms with E-state index in [4.69, 9.17) is 14.2 Å². The van der Waals surface area contributed by atoms with Gasteiger partial charge in [-0.25, -0.2) is 0 Å². The predicted octanol–water partition coefficient (Wildman–Crippen LogP) is 2.32. The average molecular weight is 467 g/mol. The zero-order valence-corrected chi connectivity index (χ0v) is 19.1. The van der Waals surface area contributed by atoms with Gasteiger partial charge in [0.05, 0.1) is 32.5 Å². The van der Waals surface area contributed by atoms with E-state index < -0.39 is 23.6 Å². The van der Waals surface area contributed by atoms with Crippen molar-refractivity contribution in [1.82, 2.24) is 10.6 Å². The fourth-order valence-electron chi connectivity index (χ4n) is 4.08. The molecular weight excluding hydrogens is 436 g/mol. The second kappa shape index (κ2) is 11.8. The molecule has 2 aromatic carbocycles. The van der Waals surface area contributed by atoms with Gasteiger partial charge in [0.2, 0.25) is 5.78 Å². The van der Waals surface area contributed by atoms with E-state index in [-0.39, 0.29) is 13.2 Å². The lowest BCUT2D eigenvalue weighted by atomic mass is 10.0. The summed E-state index contributed by atoms with van der Waals surface area (Å²) in [4.78, 5) is 38.7. The van der Waals surface area contributed by atoms with Crippen molar-refractivity contribution in [1.29, 1.82) is 0 Å². The summed E-state index contributed by atoms with van der Waals surface area (Å²) in [6, 6.07) is 11.9. The predicted molar refractivity (Wildman–Crippen MR) is 125 cm³/mol. The molecule has 4 rings (SSSR count). The maximum absolute atomic E-state index is 13.0. The maximum Gasteiger partial charge on any atom is 0.289 e. The van der Waals surface area contributed by atoms with E-state index in [0.717, 1.165) is 23.3 Å². The number of hydrogen-bond acceptors (Lipinski definition) is 6. The molecule has 2 N–H and O–H groups in total. The molecule has 180 valence electrons. The van der Waals surface area contributed by atoms with E-state index in [9.17, 15) is 14.4 Å². The van der Waals surface area contributed by atoms with Crippen molar-refractivity contribution in [2.75, 3.05) is 26.4 Å². The molecule has 8 heteroatoms. The number of amides is 2. The van der Waals surface area contributed by atoms with Crippen LogP contribution in [-0.2, 0) is 38.6 Å². The van der Waals surface area contributed by atoms with Gasteiger partial charge in [-0.05, 0) is 48.1 Å². The monoisotopic (exact) mass is 466 g/mol. The molecule has 0 spiro atoms. The molecule has 8 nitrogen and oxygen atoms in total. The van der Waals surface area contributed by atoms with E-state index in [1.165, 1.54) is 0 Å². The van der Waals surface area contributed by atoms with Crippen LogP contribution in [0.2, 0.25) is 0 Å². The lowest BCUT2D eigenvalue weighted by molar-refractivity contribution is -0.139. The lowest BCUT2D eigenvalue weighted by Gasteiger charge is -2.19. The number of fused-ring (bicyclic) bond motifs is 2. The molecule has 1 unspecified atom stereocenters. The molecule has 0 saturated heterocycles. The molecule has 2 aliphatic heterocycles. The van der Waals surface area contributed by atoms with Gasteiger partial charge >= 0.3 is 0 Å². The van der Waals surface area contributed by atoms with Gasteiger partial charge in [-0.2, -0.15) is 0 Å². The van der Waals surface area contributed by atoms with Crippen LogP contribution >= 0.6 is 0 Å². The second-order valence-corrected chi connectivity index (χ2v) is 8.43. The molecule has 34 heavy (non-hydrogen) atoms. The van der Waals surface area contributed by atoms with Crippen molar-refractivity contribution in [2.45, 2.75) is 44.9 Å². The molecule has 0 fully saturated rings. The SMILES string of the molecule is O=C(NCc1ccc2c(c1)OCC2)C(=O)C1CCCCOCCOCc2ccccc2C(=O)N1. The van der Waals surface area contributed by atoms with Crippen LogP contribution in [0, 0.1) is 0 Å². The maximum atomic E-state index is 13.0. The molecule has 0 saturated carbocycles. The van der Waals surface area contributed by atoms with E-state index in [1.807, 2.05) is 30.3 Å². The number of ketones is 1. The molecule has 0 bridgehead atoms. The molecular formula is C26H30N2O6. The van der Waals surface area contributed by atoms with Crippen LogP contribution in [0.15, 0.2) is 42.5 Å². The van der Waals surface area contributed by atoms with Crippen LogP contribution in [-0.4, -0.2) is 50.1 Å². The summed E-state index contributed by atoms with van der Waals surface area (Å²) in [5, 5.41) is 5.46. The topological polar surface area (TPSA) is 103 Å². The van der Waals surface area contributed by atoms with Gasteiger partial charge in [0, 0.05) is 25.1 Å². The fraction of sp³-hybridized carbons (Fsp3) is 0.423. The number of carbonyl (C=O) groups is 3. The highest BCUT2D eigenvalue weighted by molar-refractivity contribution is 6.38. The Morgan fingerprint density at radius 1 is 0.971 bits per heavy atom. The van der Waals surface area contributed by atoms with Crippen LogP contribution < -0.4 is 15.4 Å². The van der Waals surface area contributed by atoms with Crippen molar-refractivity contribution in [3.05, 3.63) is 64.7 Å². The minimum atomic E-state index is -0.923. The van der Waals surface area contributed by atoms with E-state index in [1.54, 1.807) is 12.1 Å². The zero-order chi connectivity index (χ0) is 23.8. The summed E-state index contributed by atoms with van der Waals surface area (Å²) in [6.45, 7) is 2.56. The third-order valence-electron chi connectivity index (χ3n) is 5.98. The Hall–Kier alpha value is -3.23. The standard InChI is InChI=1S/C26H30N2O6/c29-24(26(31)27-16-18-8-9-19-10-12-34-23(19)15-18)22-7-3-4-11-32-13-14-33-17-20-5-1-2-6-21(20)25(30)28-22/h1-2,5-6,8-9,15,22H,3-4,7,10-14,16-17H2,(H,27,31)(H,28,30). The number of benzene rings is 2. The van der Waals surface area contributed by atoms with Crippen molar-refractivity contribution >= 4 is 17.6 Å². The Bertz CT molecular complexity index is 1040. The highest BCUT2D eigenvalue weighted by Crippen LogP contribution is 2.26. The Balaban J connectivity index is 1.42. The Labute approximate surface area is 199 Å². The normalized spacial score (nSPS) is 19.1. The summed E-state index contributed by atoms with van der Waals surface area (Å²) in [5.41, 5.74) is 3.13. The van der Waals surface area contributed by atoms with E-state index >= 15 is 0 Å². The van der Waals surface area contributed by atoms with Crippen LogP contribution in [0.5, 0.6) is 5.75 Å². The summed E-state index contributed by atoms with van der Waals surface area (Å²) in [5.74, 6) is -0.955. The molecule has 2 amide bonds. The van der Waals surface area contributed by atoms with Gasteiger partial charge in [0.1, 0.15) is 5.75 Å². The Kier molecular flexibility index (Phi) is 8.27. The van der Waals surface area contributed by atoms with Crippen molar-refractivity contribution in [2.24, 2.45) is 0 Å². The number of Topliss-reactive ketones (excluding diaryl/α,β-unsaturated/α-hetero) is 1. The average Bonchev–Trinajstić information content (AvgIpc) is 3.33. The molecule has 0 aromatic heterocycles. The largest absolute Gasteiger partial charge is 0.493 e. The van der Waals surface area contributed by atoms with Gasteiger partial charge in [-0.3, -0.25) is 14.4 Å². The van der Waals surface area contributed by atoms with Crippen molar-refractivity contribution < 1.29 is 28.6 Å². The summed E-state index contributed by atoms with van der Waals surface area (Å²) in [7, 11) is 0. The first-order valence-electron chi connectivity index (χ1n) is 11.7. The first kappa shape index (κ1) is 23.9. The third kappa shape index (κ3) is 6.21. The zero-order valence-electron chi connectivity index (χ0n) is 19.1. The molecule has 0 aliphatic carbocycles. The highest BCUT2D eigenvalue weighted by Gasteiger charge is 2.27. The number of rotatable bonds is 4. The van der Waals surface area contributed by atoms with Crippen LogP contribution in [0.4, 0.5) is 0 Å². The third-order valence-corrected chi connectivity index (χ3v) is 5.98. The molecule has 2 aromatic rings. The van der Waals surface area contributed by atoms with Gasteiger partial charge in [-0.1, -0.05) is 30.3 Å². The van der Waals surface area contributed by atoms with Gasteiger partial charge in [0.15, 0.2) is 0 Å². The molecule has 1 atom stereocenters. The van der Waals surface area contributed by atoms with Gasteiger partial charge in [-0.15, -0.1) is 0 Å². The minimum absolute atomic E-state index is 0.204. The highest BCUT2D eigenvalue weighted by atomic mass is 16.5. The summed E-state index contributed by atoms with van der Waals surface area (Å²) >= 11 is 0. The molecule has 2 aliphatic rings. The summed E-state index contributed by atoms with van der Waals surface area (Å²) < 4.78 is 16.8. The number of ether oxygens (including phenoxy) is 3. The minimum Gasteiger partial charge on any atom is -0.493 e. The number of hydrogen-bond donors (Lipinski definition) is 2. The fourth-order valence-corrected chi connectivity index (χ4v) is 4.08. The quantitative estimate of drug-likeness (QED) is 0.671. The van der Waals surface area contributed by atoms with E-state index in [0.29, 0.717) is 56.8 Å². The Morgan fingerprint density at radius 2 is 1.82 bits per heavy atom. The molecule has 2 heterocycles. The smallest absolute Gasteiger partial charge is 0.289 e. The molecule has 0 radical (unpaired) electrons. The van der Waals surface area contributed by atoms with Gasteiger partial charge < -0.3 is 24.8 Å². The Morgan fingerprint density at radius 3 is 2.74 bits per heavy atom. The number of carbonyl (C=O) groups excluding carboxylic acids is 3. The number of nitrogens with one attached hydrogen (secondary N) is 2. The van der Waals surface area contributed by atoms with Crippen LogP contribution in [0.25, 0.3) is 0 Å². The van der Waals surface area contributed by atoms with Gasteiger partial charge in [0.25, 0.3) is 11.8 Å². The van der Waals surface area contributed by atoms with E-state index in [2.05, 4.69) is 10.6 Å². The van der Waals surface area contributed by atoms with Crippen LogP contribution in [0.1, 0.15) is 46.3 Å².